The highest BCUT2D eigenvalue weighted by Crippen LogP contribution is 2.25. The molecule has 1 aromatic rings. The van der Waals surface area contributed by atoms with E-state index in [2.05, 4.69) is 22.9 Å². The highest BCUT2D eigenvalue weighted by atomic mass is 16.5. The molecule has 0 spiro atoms. The number of pyridine rings is 1. The summed E-state index contributed by atoms with van der Waals surface area (Å²) in [7, 11) is 1.63. The molecule has 2 unspecified atom stereocenters. The molecule has 0 aromatic carbocycles. The van der Waals surface area contributed by atoms with Gasteiger partial charge in [-0.15, -0.1) is 0 Å². The molecule has 2 heterocycles. The summed E-state index contributed by atoms with van der Waals surface area (Å²) in [4.78, 5) is 6.72. The minimum absolute atomic E-state index is 0.205. The molecule has 1 aliphatic heterocycles. The Bertz CT molecular complexity index is 410. The molecule has 1 aliphatic rings. The van der Waals surface area contributed by atoms with Gasteiger partial charge in [-0.3, -0.25) is 4.90 Å². The summed E-state index contributed by atoms with van der Waals surface area (Å²) in [5.41, 5.74) is 7.16. The van der Waals surface area contributed by atoms with E-state index in [1.165, 1.54) is 0 Å². The standard InChI is InChI=1S/C16H27N3O2/c1-3-9-21-14-5-4-8-19(12-14)15(10-17)13-6-7-16(20-2)18-11-13/h6-7,11,14-15H,3-5,8-10,12,17H2,1-2H3. The van der Waals surface area contributed by atoms with Gasteiger partial charge < -0.3 is 15.2 Å². The highest BCUT2D eigenvalue weighted by Gasteiger charge is 2.26. The zero-order chi connectivity index (χ0) is 15.1. The van der Waals surface area contributed by atoms with Gasteiger partial charge in [0.2, 0.25) is 5.88 Å². The van der Waals surface area contributed by atoms with Gasteiger partial charge in [-0.2, -0.15) is 0 Å². The second-order valence-electron chi connectivity index (χ2n) is 5.52. The molecule has 5 heteroatoms. The Hall–Kier alpha value is -1.17. The number of rotatable bonds is 7. The van der Waals surface area contributed by atoms with Gasteiger partial charge in [-0.05, 0) is 31.4 Å². The van der Waals surface area contributed by atoms with Gasteiger partial charge in [-0.25, -0.2) is 4.98 Å². The third kappa shape index (κ3) is 4.40. The summed E-state index contributed by atoms with van der Waals surface area (Å²) in [6, 6.07) is 4.16. The zero-order valence-electron chi connectivity index (χ0n) is 13.1. The van der Waals surface area contributed by atoms with Crippen molar-refractivity contribution in [2.75, 3.05) is 33.4 Å². The van der Waals surface area contributed by atoms with E-state index in [0.717, 1.165) is 44.5 Å². The molecule has 2 atom stereocenters. The van der Waals surface area contributed by atoms with Crippen LogP contribution in [0.15, 0.2) is 18.3 Å². The lowest BCUT2D eigenvalue weighted by molar-refractivity contribution is -0.0119. The van der Waals surface area contributed by atoms with Crippen LogP contribution in [0.3, 0.4) is 0 Å². The number of ether oxygens (including phenoxy) is 2. The second kappa shape index (κ2) is 8.32. The summed E-state index contributed by atoms with van der Waals surface area (Å²) in [6.45, 7) is 5.60. The lowest BCUT2D eigenvalue weighted by atomic mass is 10.0. The maximum absolute atomic E-state index is 6.01. The number of methoxy groups -OCH3 is 1. The molecule has 118 valence electrons. The number of aromatic nitrogens is 1. The number of hydrogen-bond donors (Lipinski definition) is 1. The second-order valence-corrected chi connectivity index (χ2v) is 5.52. The fourth-order valence-electron chi connectivity index (χ4n) is 2.88. The average Bonchev–Trinajstić information content (AvgIpc) is 2.55. The van der Waals surface area contributed by atoms with E-state index in [0.29, 0.717) is 18.5 Å². The third-order valence-electron chi connectivity index (χ3n) is 3.98. The fourth-order valence-corrected chi connectivity index (χ4v) is 2.88. The van der Waals surface area contributed by atoms with Crippen LogP contribution in [-0.4, -0.2) is 49.3 Å². The van der Waals surface area contributed by atoms with E-state index in [-0.39, 0.29) is 6.04 Å². The van der Waals surface area contributed by atoms with Gasteiger partial charge >= 0.3 is 0 Å². The predicted molar refractivity (Wildman–Crippen MR) is 83.4 cm³/mol. The zero-order valence-corrected chi connectivity index (χ0v) is 13.1. The van der Waals surface area contributed by atoms with Gasteiger partial charge in [0.25, 0.3) is 0 Å². The van der Waals surface area contributed by atoms with Crippen molar-refractivity contribution in [2.24, 2.45) is 5.73 Å². The Kier molecular flexibility index (Phi) is 6.42. The number of nitrogens with two attached hydrogens (primary N) is 1. The molecule has 0 aliphatic carbocycles. The molecule has 1 saturated heterocycles. The molecule has 5 nitrogen and oxygen atoms in total. The third-order valence-corrected chi connectivity index (χ3v) is 3.98. The smallest absolute Gasteiger partial charge is 0.212 e. The Morgan fingerprint density at radius 2 is 2.33 bits per heavy atom. The van der Waals surface area contributed by atoms with Gasteiger partial charge in [0.05, 0.1) is 13.2 Å². The van der Waals surface area contributed by atoms with Crippen LogP contribution in [0.1, 0.15) is 37.8 Å². The Balaban J connectivity index is 2.01. The molecular weight excluding hydrogens is 266 g/mol. The molecule has 2 N–H and O–H groups in total. The van der Waals surface area contributed by atoms with Crippen LogP contribution in [0.25, 0.3) is 0 Å². The van der Waals surface area contributed by atoms with E-state index in [4.69, 9.17) is 15.2 Å². The van der Waals surface area contributed by atoms with Crippen molar-refractivity contribution in [3.05, 3.63) is 23.9 Å². The maximum Gasteiger partial charge on any atom is 0.212 e. The van der Waals surface area contributed by atoms with Crippen molar-refractivity contribution in [3.8, 4) is 5.88 Å². The number of nitrogens with zero attached hydrogens (tertiary/aromatic N) is 2. The van der Waals surface area contributed by atoms with Crippen molar-refractivity contribution in [1.29, 1.82) is 0 Å². The minimum atomic E-state index is 0.205. The molecule has 1 fully saturated rings. The maximum atomic E-state index is 6.01. The number of likely N-dealkylation sites (tertiary alicyclic amines) is 1. The summed E-state index contributed by atoms with van der Waals surface area (Å²) in [6.07, 6.45) is 5.58. The van der Waals surface area contributed by atoms with Crippen molar-refractivity contribution >= 4 is 0 Å². The summed E-state index contributed by atoms with van der Waals surface area (Å²) in [5, 5.41) is 0. The van der Waals surface area contributed by atoms with Gasteiger partial charge in [-0.1, -0.05) is 13.0 Å². The molecule has 0 amide bonds. The first kappa shape index (κ1) is 16.2. The van der Waals surface area contributed by atoms with Gasteiger partial charge in [0.15, 0.2) is 0 Å². The first-order chi connectivity index (χ1) is 10.3. The summed E-state index contributed by atoms with van der Waals surface area (Å²) < 4.78 is 11.0. The molecule has 0 radical (unpaired) electrons. The monoisotopic (exact) mass is 293 g/mol. The predicted octanol–water partition coefficient (Wildman–Crippen LogP) is 1.98. The minimum Gasteiger partial charge on any atom is -0.481 e. The van der Waals surface area contributed by atoms with Gasteiger partial charge in [0.1, 0.15) is 0 Å². The van der Waals surface area contributed by atoms with Crippen molar-refractivity contribution in [3.63, 3.8) is 0 Å². The van der Waals surface area contributed by atoms with E-state index in [1.807, 2.05) is 12.3 Å². The topological polar surface area (TPSA) is 60.6 Å². The molecule has 0 bridgehead atoms. The average molecular weight is 293 g/mol. The quantitative estimate of drug-likeness (QED) is 0.833. The Labute approximate surface area is 127 Å². The lowest BCUT2D eigenvalue weighted by Gasteiger charge is -2.37. The fraction of sp³-hybridized carbons (Fsp3) is 0.688. The van der Waals surface area contributed by atoms with Crippen LogP contribution < -0.4 is 10.5 Å². The van der Waals surface area contributed by atoms with Crippen molar-refractivity contribution in [1.82, 2.24) is 9.88 Å². The van der Waals surface area contributed by atoms with Crippen LogP contribution >= 0.6 is 0 Å². The molecule has 2 rings (SSSR count). The molecule has 21 heavy (non-hydrogen) atoms. The van der Waals surface area contributed by atoms with E-state index in [1.54, 1.807) is 7.11 Å². The molecular formula is C16H27N3O2. The first-order valence-electron chi connectivity index (χ1n) is 7.84. The lowest BCUT2D eigenvalue weighted by Crippen LogP contribution is -2.44. The largest absolute Gasteiger partial charge is 0.481 e. The van der Waals surface area contributed by atoms with E-state index < -0.39 is 0 Å². The van der Waals surface area contributed by atoms with Crippen LogP contribution in [0.4, 0.5) is 0 Å². The van der Waals surface area contributed by atoms with Crippen LogP contribution in [0, 0.1) is 0 Å². The van der Waals surface area contributed by atoms with Crippen LogP contribution in [0.5, 0.6) is 5.88 Å². The normalized spacial score (nSPS) is 21.2. The van der Waals surface area contributed by atoms with Crippen LogP contribution in [-0.2, 0) is 4.74 Å². The van der Waals surface area contributed by atoms with Gasteiger partial charge in [0, 0.05) is 38.0 Å². The summed E-state index contributed by atoms with van der Waals surface area (Å²) in [5.74, 6) is 0.636. The van der Waals surface area contributed by atoms with Crippen molar-refractivity contribution < 1.29 is 9.47 Å². The number of piperidine rings is 1. The van der Waals surface area contributed by atoms with Crippen molar-refractivity contribution in [2.45, 2.75) is 38.3 Å². The SMILES string of the molecule is CCCOC1CCCN(C(CN)c2ccc(OC)nc2)C1. The first-order valence-corrected chi connectivity index (χ1v) is 7.84. The molecule has 1 aromatic heterocycles. The number of hydrogen-bond acceptors (Lipinski definition) is 5. The highest BCUT2D eigenvalue weighted by molar-refractivity contribution is 5.21. The molecule has 0 saturated carbocycles. The Morgan fingerprint density at radius 1 is 1.48 bits per heavy atom. The summed E-state index contributed by atoms with van der Waals surface area (Å²) >= 11 is 0. The van der Waals surface area contributed by atoms with E-state index >= 15 is 0 Å². The Morgan fingerprint density at radius 3 is 2.95 bits per heavy atom. The van der Waals surface area contributed by atoms with Crippen LogP contribution in [0.2, 0.25) is 0 Å². The van der Waals surface area contributed by atoms with E-state index in [9.17, 15) is 0 Å².